The predicted molar refractivity (Wildman–Crippen MR) is 43.5 cm³/mol. The minimum absolute atomic E-state index is 1.23. The Balaban J connectivity index is 0.000000187. The van der Waals surface area contributed by atoms with Gasteiger partial charge in [-0.05, 0) is 26.2 Å². The van der Waals surface area contributed by atoms with Crippen LogP contribution in [0.2, 0.25) is 0 Å². The van der Waals surface area contributed by atoms with E-state index in [1.807, 2.05) is 6.92 Å². The molecule has 1 aliphatic rings. The first-order chi connectivity index (χ1) is 4.35. The lowest BCUT2D eigenvalue weighted by Gasteiger charge is -1.67. The molecule has 0 heterocycles. The van der Waals surface area contributed by atoms with Gasteiger partial charge in [-0.25, -0.2) is 0 Å². The second-order valence-corrected chi connectivity index (χ2v) is 2.18. The summed E-state index contributed by atoms with van der Waals surface area (Å²) in [4.78, 5) is 0. The maximum Gasteiger partial charge on any atom is -0.0283 e. The highest BCUT2D eigenvalue weighted by molar-refractivity contribution is 5.15. The molecule has 0 saturated heterocycles. The maximum absolute atomic E-state index is 3.36. The van der Waals surface area contributed by atoms with E-state index in [-0.39, 0.29) is 0 Å². The van der Waals surface area contributed by atoms with Crippen LogP contribution >= 0.6 is 0 Å². The van der Waals surface area contributed by atoms with Gasteiger partial charge in [0, 0.05) is 0 Å². The molecule has 52 valence electrons. The monoisotopic (exact) mass is 124 g/mol. The molecule has 0 unspecified atom stereocenters. The van der Waals surface area contributed by atoms with Gasteiger partial charge in [0.25, 0.3) is 0 Å². The van der Waals surface area contributed by atoms with E-state index in [0.717, 1.165) is 0 Å². The average molecular weight is 124 g/mol. The minimum atomic E-state index is 1.23. The molecule has 0 amide bonds. The van der Waals surface area contributed by atoms with Crippen molar-refractivity contribution in [3.8, 4) is 0 Å². The van der Waals surface area contributed by atoms with Crippen molar-refractivity contribution in [1.82, 2.24) is 0 Å². The summed E-state index contributed by atoms with van der Waals surface area (Å²) in [6.07, 6.45) is 8.07. The summed E-state index contributed by atoms with van der Waals surface area (Å²) in [6, 6.07) is 0. The summed E-state index contributed by atoms with van der Waals surface area (Å²) in [7, 11) is 0. The maximum atomic E-state index is 3.36. The highest BCUT2D eigenvalue weighted by atomic mass is 14.1. The molecule has 0 nitrogen and oxygen atoms in total. The van der Waals surface area contributed by atoms with E-state index >= 15 is 0 Å². The fraction of sp³-hybridized carbons (Fsp3) is 0.556. The Bertz CT molecular complexity index is 92.6. The van der Waals surface area contributed by atoms with Crippen molar-refractivity contribution in [2.45, 2.75) is 33.1 Å². The van der Waals surface area contributed by atoms with E-state index in [0.29, 0.717) is 0 Å². The Morgan fingerprint density at radius 1 is 1.56 bits per heavy atom. The average Bonchev–Trinajstić information content (AvgIpc) is 2.53. The standard InChI is InChI=1S/C6H10.C3H6/c1-2-3-6-4-5-6;1-3-2/h3H,2,4-5H2,1H3;3H,1H2,2H3. The van der Waals surface area contributed by atoms with Crippen molar-refractivity contribution in [3.05, 3.63) is 24.3 Å². The molecule has 1 aliphatic carbocycles. The van der Waals surface area contributed by atoms with Crippen molar-refractivity contribution >= 4 is 0 Å². The third-order valence-corrected chi connectivity index (χ3v) is 1.03. The first-order valence-corrected chi connectivity index (χ1v) is 3.60. The fourth-order valence-corrected chi connectivity index (χ4v) is 0.565. The first-order valence-electron chi connectivity index (χ1n) is 3.60. The molecule has 0 radical (unpaired) electrons. The third-order valence-electron chi connectivity index (χ3n) is 1.03. The third kappa shape index (κ3) is 7.48. The quantitative estimate of drug-likeness (QED) is 0.470. The molecule has 0 aromatic carbocycles. The molecular formula is C9H16. The Morgan fingerprint density at radius 3 is 2.11 bits per heavy atom. The van der Waals surface area contributed by atoms with Gasteiger partial charge in [0.15, 0.2) is 0 Å². The molecule has 0 aromatic heterocycles. The summed E-state index contributed by atoms with van der Waals surface area (Å²) in [6.45, 7) is 7.44. The van der Waals surface area contributed by atoms with Crippen LogP contribution in [0.25, 0.3) is 0 Å². The van der Waals surface area contributed by atoms with Crippen molar-refractivity contribution in [2.75, 3.05) is 0 Å². The SMILES string of the molecule is C=CC.CCC=C1CC1. The smallest absolute Gasteiger partial charge is 0.0283 e. The zero-order chi connectivity index (χ0) is 7.11. The van der Waals surface area contributed by atoms with E-state index in [4.69, 9.17) is 0 Å². The summed E-state index contributed by atoms with van der Waals surface area (Å²) < 4.78 is 0. The van der Waals surface area contributed by atoms with Gasteiger partial charge in [0.05, 0.1) is 0 Å². The molecule has 1 fully saturated rings. The topological polar surface area (TPSA) is 0 Å². The largest absolute Gasteiger partial charge is 0.103 e. The van der Waals surface area contributed by atoms with Gasteiger partial charge in [-0.15, -0.1) is 6.58 Å². The highest BCUT2D eigenvalue weighted by Gasteiger charge is 2.07. The van der Waals surface area contributed by atoms with Gasteiger partial charge in [0.1, 0.15) is 0 Å². The normalized spacial score (nSPS) is 13.3. The van der Waals surface area contributed by atoms with Crippen LogP contribution in [0, 0.1) is 0 Å². The van der Waals surface area contributed by atoms with Gasteiger partial charge in [0.2, 0.25) is 0 Å². The lowest BCUT2D eigenvalue weighted by atomic mass is 10.4. The van der Waals surface area contributed by atoms with Crippen LogP contribution in [-0.2, 0) is 0 Å². The van der Waals surface area contributed by atoms with Crippen LogP contribution in [0.4, 0.5) is 0 Å². The Morgan fingerprint density at radius 2 is 2.00 bits per heavy atom. The molecule has 0 heteroatoms. The number of hydrogen-bond donors (Lipinski definition) is 0. The molecule has 0 aromatic rings. The number of rotatable bonds is 1. The lowest BCUT2D eigenvalue weighted by Crippen LogP contribution is -1.46. The van der Waals surface area contributed by atoms with Crippen molar-refractivity contribution < 1.29 is 0 Å². The van der Waals surface area contributed by atoms with Crippen LogP contribution < -0.4 is 0 Å². The second kappa shape index (κ2) is 5.61. The van der Waals surface area contributed by atoms with E-state index in [2.05, 4.69) is 19.6 Å². The summed E-state index contributed by atoms with van der Waals surface area (Å²) in [5, 5.41) is 0. The highest BCUT2D eigenvalue weighted by Crippen LogP contribution is 2.27. The molecule has 1 saturated carbocycles. The summed E-state index contributed by atoms with van der Waals surface area (Å²) in [5.41, 5.74) is 1.66. The molecule has 1 rings (SSSR count). The summed E-state index contributed by atoms with van der Waals surface area (Å²) >= 11 is 0. The van der Waals surface area contributed by atoms with Gasteiger partial charge < -0.3 is 0 Å². The van der Waals surface area contributed by atoms with Crippen LogP contribution in [0.3, 0.4) is 0 Å². The summed E-state index contributed by atoms with van der Waals surface area (Å²) in [5.74, 6) is 0. The molecular weight excluding hydrogens is 108 g/mol. The van der Waals surface area contributed by atoms with Gasteiger partial charge >= 0.3 is 0 Å². The molecule has 0 aliphatic heterocycles. The molecule has 0 N–H and O–H groups in total. The fourth-order valence-electron chi connectivity index (χ4n) is 0.565. The van der Waals surface area contributed by atoms with Crippen molar-refractivity contribution in [3.63, 3.8) is 0 Å². The van der Waals surface area contributed by atoms with Gasteiger partial charge in [-0.2, -0.15) is 0 Å². The van der Waals surface area contributed by atoms with Crippen molar-refractivity contribution in [2.24, 2.45) is 0 Å². The van der Waals surface area contributed by atoms with E-state index in [1.165, 1.54) is 19.3 Å². The first kappa shape index (κ1) is 8.48. The molecule has 0 spiro atoms. The van der Waals surface area contributed by atoms with E-state index in [1.54, 1.807) is 11.6 Å². The predicted octanol–water partition coefficient (Wildman–Crippen LogP) is 3.31. The van der Waals surface area contributed by atoms with Crippen LogP contribution in [0.1, 0.15) is 33.1 Å². The Hall–Kier alpha value is -0.520. The van der Waals surface area contributed by atoms with Crippen molar-refractivity contribution in [1.29, 1.82) is 0 Å². The van der Waals surface area contributed by atoms with Gasteiger partial charge in [-0.3, -0.25) is 0 Å². The second-order valence-electron chi connectivity index (χ2n) is 2.18. The molecule has 9 heavy (non-hydrogen) atoms. The zero-order valence-corrected chi connectivity index (χ0v) is 6.48. The van der Waals surface area contributed by atoms with Crippen LogP contribution in [0.15, 0.2) is 24.3 Å². The number of allylic oxidation sites excluding steroid dienone is 3. The number of hydrogen-bond acceptors (Lipinski definition) is 0. The Kier molecular flexibility index (Phi) is 5.29. The Labute approximate surface area is 58.3 Å². The van der Waals surface area contributed by atoms with Gasteiger partial charge in [-0.1, -0.05) is 24.6 Å². The molecule has 0 atom stereocenters. The van der Waals surface area contributed by atoms with E-state index < -0.39 is 0 Å². The molecule has 0 bridgehead atoms. The zero-order valence-electron chi connectivity index (χ0n) is 6.48. The van der Waals surface area contributed by atoms with Crippen LogP contribution in [-0.4, -0.2) is 0 Å². The lowest BCUT2D eigenvalue weighted by molar-refractivity contribution is 1.21. The van der Waals surface area contributed by atoms with Crippen LogP contribution in [0.5, 0.6) is 0 Å². The van der Waals surface area contributed by atoms with E-state index in [9.17, 15) is 0 Å². The minimum Gasteiger partial charge on any atom is -0.103 e.